The lowest BCUT2D eigenvalue weighted by Crippen LogP contribution is -2.53. The molecule has 10 heteroatoms. The number of hydrogen-bond donors (Lipinski definition) is 2. The van der Waals surface area contributed by atoms with Crippen molar-refractivity contribution in [1.29, 1.82) is 5.26 Å². The molecule has 1 amide bonds. The van der Waals surface area contributed by atoms with Gasteiger partial charge in [-0.2, -0.15) is 5.26 Å². The number of β-amino-alcohol motifs (C(OH)–C–C–N with tert-alkyl or cyclic N) is 1. The Bertz CT molecular complexity index is 1330. The fourth-order valence-corrected chi connectivity index (χ4v) is 4.35. The topological polar surface area (TPSA) is 130 Å². The first kappa shape index (κ1) is 24.5. The lowest BCUT2D eigenvalue weighted by molar-refractivity contribution is 0.00570. The van der Waals surface area contributed by atoms with Gasteiger partial charge in [0.05, 0.1) is 43.2 Å². The van der Waals surface area contributed by atoms with E-state index >= 15 is 0 Å². The Kier molecular flexibility index (Phi) is 7.16. The number of carbonyl (C=O) groups excluding carboxylic acids is 1. The maximum atomic E-state index is 12.7. The summed E-state index contributed by atoms with van der Waals surface area (Å²) in [5.74, 6) is 1.05. The molecule has 0 bridgehead atoms. The summed E-state index contributed by atoms with van der Waals surface area (Å²) in [5.41, 5.74) is 2.80. The Morgan fingerprint density at radius 1 is 1.22 bits per heavy atom. The van der Waals surface area contributed by atoms with Crippen molar-refractivity contribution in [1.82, 2.24) is 14.9 Å². The summed E-state index contributed by atoms with van der Waals surface area (Å²) in [6.07, 6.45) is 2.64. The number of carbonyl (C=O) groups is 1. The van der Waals surface area contributed by atoms with Gasteiger partial charge < -0.3 is 29.5 Å². The number of ether oxygens (including phenoxy) is 3. The fourth-order valence-electron chi connectivity index (χ4n) is 4.35. The number of nitrogens with one attached hydrogen (secondary N) is 1. The molecule has 0 aliphatic carbocycles. The molecular formula is C27H27N5O5. The monoisotopic (exact) mass is 501 g/mol. The van der Waals surface area contributed by atoms with Gasteiger partial charge in [0.1, 0.15) is 23.7 Å². The number of nitriles is 1. The molecule has 5 rings (SSSR count). The minimum atomic E-state index is -0.475. The summed E-state index contributed by atoms with van der Waals surface area (Å²) in [7, 11) is 1.50. The van der Waals surface area contributed by atoms with Crippen molar-refractivity contribution < 1.29 is 24.1 Å². The Morgan fingerprint density at radius 2 is 2.03 bits per heavy atom. The number of rotatable bonds is 7. The molecule has 3 aromatic rings. The minimum absolute atomic E-state index is 0.0327. The second-order valence-corrected chi connectivity index (χ2v) is 8.89. The zero-order chi connectivity index (χ0) is 25.8. The number of likely N-dealkylation sites (tertiary alicyclic amines) is 1. The third-order valence-corrected chi connectivity index (χ3v) is 6.36. The summed E-state index contributed by atoms with van der Waals surface area (Å²) < 4.78 is 17.2. The molecule has 2 aliphatic heterocycles. The number of benzene rings is 2. The molecule has 2 N–H and O–H groups in total. The van der Waals surface area contributed by atoms with E-state index in [1.807, 2.05) is 6.07 Å². The summed E-state index contributed by atoms with van der Waals surface area (Å²) in [5, 5.41) is 22.4. The average molecular weight is 502 g/mol. The van der Waals surface area contributed by atoms with Crippen LogP contribution >= 0.6 is 0 Å². The van der Waals surface area contributed by atoms with Gasteiger partial charge in [-0.25, -0.2) is 9.97 Å². The SMILES string of the molecule is COc1cc(Nc2nccc(-c3cccc(C#N)c3OC3CCOCC3)n2)ccc1C(=O)N1CC(O)C1. The van der Waals surface area contributed by atoms with Gasteiger partial charge in [0.15, 0.2) is 0 Å². The molecule has 0 unspecified atom stereocenters. The van der Waals surface area contributed by atoms with Crippen LogP contribution in [-0.2, 0) is 4.74 Å². The van der Waals surface area contributed by atoms with Gasteiger partial charge in [-0.1, -0.05) is 6.07 Å². The van der Waals surface area contributed by atoms with Crippen LogP contribution in [0.2, 0.25) is 0 Å². The van der Waals surface area contributed by atoms with E-state index in [0.29, 0.717) is 71.8 Å². The van der Waals surface area contributed by atoms with Crippen LogP contribution in [0.5, 0.6) is 11.5 Å². The van der Waals surface area contributed by atoms with Gasteiger partial charge in [0.25, 0.3) is 5.91 Å². The van der Waals surface area contributed by atoms with E-state index in [0.717, 1.165) is 12.8 Å². The standard InChI is InChI=1S/C27H27N5O5/c1-35-24-13-18(5-6-22(24)26(34)32-15-19(33)16-32)30-27-29-10-7-23(31-27)21-4-2-3-17(14-28)25(21)37-20-8-11-36-12-9-20/h2-7,10,13,19-20,33H,8-9,11-12,15-16H2,1H3,(H,29,30,31). The van der Waals surface area contributed by atoms with E-state index in [-0.39, 0.29) is 12.0 Å². The molecule has 0 radical (unpaired) electrons. The number of aromatic nitrogens is 2. The van der Waals surface area contributed by atoms with Gasteiger partial charge in [-0.3, -0.25) is 4.79 Å². The van der Waals surface area contributed by atoms with Crippen LogP contribution in [-0.4, -0.2) is 71.5 Å². The lowest BCUT2D eigenvalue weighted by Gasteiger charge is -2.36. The maximum Gasteiger partial charge on any atom is 0.257 e. The van der Waals surface area contributed by atoms with E-state index < -0.39 is 6.10 Å². The molecule has 37 heavy (non-hydrogen) atoms. The Labute approximate surface area is 214 Å². The highest BCUT2D eigenvalue weighted by Gasteiger charge is 2.31. The largest absolute Gasteiger partial charge is 0.496 e. The van der Waals surface area contributed by atoms with E-state index in [1.165, 1.54) is 7.11 Å². The number of methoxy groups -OCH3 is 1. The molecule has 2 saturated heterocycles. The van der Waals surface area contributed by atoms with Crippen LogP contribution in [0.15, 0.2) is 48.7 Å². The van der Waals surface area contributed by atoms with Crippen molar-refractivity contribution in [3.8, 4) is 28.8 Å². The normalized spacial score (nSPS) is 16.0. The van der Waals surface area contributed by atoms with E-state index in [4.69, 9.17) is 14.2 Å². The molecular weight excluding hydrogens is 474 g/mol. The first-order chi connectivity index (χ1) is 18.1. The van der Waals surface area contributed by atoms with Crippen LogP contribution in [0, 0.1) is 11.3 Å². The van der Waals surface area contributed by atoms with Crippen molar-refractivity contribution in [2.75, 3.05) is 38.7 Å². The molecule has 0 saturated carbocycles. The van der Waals surface area contributed by atoms with Gasteiger partial charge >= 0.3 is 0 Å². The van der Waals surface area contributed by atoms with Crippen molar-refractivity contribution in [3.05, 3.63) is 59.8 Å². The third kappa shape index (κ3) is 5.33. The van der Waals surface area contributed by atoms with E-state index in [1.54, 1.807) is 47.5 Å². The summed E-state index contributed by atoms with van der Waals surface area (Å²) >= 11 is 0. The molecule has 2 aromatic carbocycles. The highest BCUT2D eigenvalue weighted by molar-refractivity contribution is 5.98. The van der Waals surface area contributed by atoms with Crippen molar-refractivity contribution >= 4 is 17.5 Å². The van der Waals surface area contributed by atoms with Gasteiger partial charge in [0, 0.05) is 49.4 Å². The molecule has 10 nitrogen and oxygen atoms in total. The van der Waals surface area contributed by atoms with E-state index in [9.17, 15) is 15.2 Å². The van der Waals surface area contributed by atoms with Crippen LogP contribution in [0.4, 0.5) is 11.6 Å². The first-order valence-electron chi connectivity index (χ1n) is 12.1. The van der Waals surface area contributed by atoms with Crippen LogP contribution in [0.3, 0.4) is 0 Å². The van der Waals surface area contributed by atoms with E-state index in [2.05, 4.69) is 21.4 Å². The average Bonchev–Trinajstić information content (AvgIpc) is 2.91. The second-order valence-electron chi connectivity index (χ2n) is 8.89. The molecule has 2 fully saturated rings. The van der Waals surface area contributed by atoms with Gasteiger partial charge in [-0.15, -0.1) is 0 Å². The first-order valence-corrected chi connectivity index (χ1v) is 12.1. The summed E-state index contributed by atoms with van der Waals surface area (Å²) in [6.45, 7) is 1.89. The molecule has 1 aromatic heterocycles. The fraction of sp³-hybridized carbons (Fsp3) is 0.333. The third-order valence-electron chi connectivity index (χ3n) is 6.36. The number of amides is 1. The van der Waals surface area contributed by atoms with Crippen LogP contribution in [0.1, 0.15) is 28.8 Å². The predicted octanol–water partition coefficient (Wildman–Crippen LogP) is 3.14. The van der Waals surface area contributed by atoms with Crippen LogP contribution in [0.25, 0.3) is 11.3 Å². The number of para-hydroxylation sites is 1. The van der Waals surface area contributed by atoms with Gasteiger partial charge in [0.2, 0.25) is 5.95 Å². The quantitative estimate of drug-likeness (QED) is 0.501. The van der Waals surface area contributed by atoms with Crippen LogP contribution < -0.4 is 14.8 Å². The molecule has 190 valence electrons. The Morgan fingerprint density at radius 3 is 2.76 bits per heavy atom. The zero-order valence-corrected chi connectivity index (χ0v) is 20.4. The van der Waals surface area contributed by atoms with Crippen molar-refractivity contribution in [2.45, 2.75) is 25.0 Å². The predicted molar refractivity (Wildman–Crippen MR) is 135 cm³/mol. The molecule has 0 spiro atoms. The lowest BCUT2D eigenvalue weighted by atomic mass is 10.1. The summed E-state index contributed by atoms with van der Waals surface area (Å²) in [6, 6.07) is 14.5. The highest BCUT2D eigenvalue weighted by atomic mass is 16.5. The Balaban J connectivity index is 1.39. The second kappa shape index (κ2) is 10.8. The zero-order valence-electron chi connectivity index (χ0n) is 20.4. The number of aliphatic hydroxyl groups is 1. The molecule has 3 heterocycles. The highest BCUT2D eigenvalue weighted by Crippen LogP contribution is 2.34. The smallest absolute Gasteiger partial charge is 0.257 e. The number of hydrogen-bond acceptors (Lipinski definition) is 9. The van der Waals surface area contributed by atoms with Crippen molar-refractivity contribution in [2.24, 2.45) is 0 Å². The number of anilines is 2. The number of aliphatic hydroxyl groups excluding tert-OH is 1. The van der Waals surface area contributed by atoms with Crippen molar-refractivity contribution in [3.63, 3.8) is 0 Å². The molecule has 0 atom stereocenters. The minimum Gasteiger partial charge on any atom is -0.496 e. The summed E-state index contributed by atoms with van der Waals surface area (Å²) in [4.78, 5) is 23.3. The van der Waals surface area contributed by atoms with Gasteiger partial charge in [-0.05, 0) is 30.3 Å². The molecule has 2 aliphatic rings. The Hall–Kier alpha value is -4.20. The number of nitrogens with zero attached hydrogens (tertiary/aromatic N) is 4. The maximum absolute atomic E-state index is 12.7.